The highest BCUT2D eigenvalue weighted by molar-refractivity contribution is 7.10. The van der Waals surface area contributed by atoms with Crippen LogP contribution in [0, 0.1) is 5.92 Å². The van der Waals surface area contributed by atoms with Gasteiger partial charge in [-0.15, -0.1) is 16.4 Å². The van der Waals surface area contributed by atoms with Crippen LogP contribution in [-0.4, -0.2) is 32.0 Å². The average Bonchev–Trinajstić information content (AvgIpc) is 2.95. The van der Waals surface area contributed by atoms with Gasteiger partial charge in [-0.1, -0.05) is 11.3 Å². The van der Waals surface area contributed by atoms with Crippen molar-refractivity contribution in [2.24, 2.45) is 5.92 Å². The third kappa shape index (κ3) is 3.27. The number of carbonyl (C=O) groups is 2. The molecule has 1 aliphatic carbocycles. The molecule has 0 radical (unpaired) electrons. The van der Waals surface area contributed by atoms with Gasteiger partial charge in [0.25, 0.3) is 0 Å². The summed E-state index contributed by atoms with van der Waals surface area (Å²) in [6, 6.07) is 4.03. The molecule has 3 rings (SSSR count). The van der Waals surface area contributed by atoms with Crippen molar-refractivity contribution in [1.29, 1.82) is 0 Å². The number of carbonyl (C=O) groups excluding carboxylic acids is 1. The zero-order valence-electron chi connectivity index (χ0n) is 11.1. The van der Waals surface area contributed by atoms with Crippen molar-refractivity contribution in [2.75, 3.05) is 0 Å². The second kappa shape index (κ2) is 5.65. The van der Waals surface area contributed by atoms with Crippen LogP contribution in [0.3, 0.4) is 0 Å². The molecule has 2 aromatic rings. The standard InChI is InChI=1S/C13H14N4O3S/c18-11(7-17-6-9(13(19)20)15-16-17)14-12(8-3-4-8)10-2-1-5-21-10/h1-2,5-6,8,12H,3-4,7H2,(H,14,18)(H,19,20). The number of carboxylic acids is 1. The number of nitrogens with zero attached hydrogens (tertiary/aromatic N) is 3. The molecule has 2 aromatic heterocycles. The Hall–Kier alpha value is -2.22. The van der Waals surface area contributed by atoms with Crippen LogP contribution in [0.4, 0.5) is 0 Å². The van der Waals surface area contributed by atoms with E-state index in [1.165, 1.54) is 10.9 Å². The smallest absolute Gasteiger partial charge is 0.358 e. The van der Waals surface area contributed by atoms with Crippen molar-refractivity contribution in [3.05, 3.63) is 34.3 Å². The Morgan fingerprint density at radius 3 is 2.90 bits per heavy atom. The van der Waals surface area contributed by atoms with E-state index in [1.807, 2.05) is 17.5 Å². The van der Waals surface area contributed by atoms with Gasteiger partial charge in [0.2, 0.25) is 5.91 Å². The number of aromatic carboxylic acids is 1. The highest BCUT2D eigenvalue weighted by Gasteiger charge is 2.34. The SMILES string of the molecule is O=C(Cn1cc(C(=O)O)nn1)NC(c1cccs1)C1CC1. The molecule has 1 aliphatic rings. The number of hydrogen-bond acceptors (Lipinski definition) is 5. The van der Waals surface area contributed by atoms with E-state index in [9.17, 15) is 9.59 Å². The molecule has 8 heteroatoms. The lowest BCUT2D eigenvalue weighted by Crippen LogP contribution is -2.32. The van der Waals surface area contributed by atoms with E-state index in [0.717, 1.165) is 17.7 Å². The molecule has 2 N–H and O–H groups in total. The lowest BCUT2D eigenvalue weighted by atomic mass is 10.1. The maximum atomic E-state index is 12.1. The van der Waals surface area contributed by atoms with E-state index in [4.69, 9.17) is 5.11 Å². The lowest BCUT2D eigenvalue weighted by molar-refractivity contribution is -0.122. The molecule has 0 aliphatic heterocycles. The molecule has 21 heavy (non-hydrogen) atoms. The molecular formula is C13H14N4O3S. The third-order valence-corrected chi connectivity index (χ3v) is 4.28. The van der Waals surface area contributed by atoms with Gasteiger partial charge in [0.15, 0.2) is 5.69 Å². The highest BCUT2D eigenvalue weighted by atomic mass is 32.1. The van der Waals surface area contributed by atoms with E-state index in [-0.39, 0.29) is 24.2 Å². The predicted molar refractivity (Wildman–Crippen MR) is 74.9 cm³/mol. The van der Waals surface area contributed by atoms with E-state index < -0.39 is 5.97 Å². The largest absolute Gasteiger partial charge is 0.476 e. The van der Waals surface area contributed by atoms with Gasteiger partial charge in [-0.3, -0.25) is 4.79 Å². The van der Waals surface area contributed by atoms with Gasteiger partial charge < -0.3 is 10.4 Å². The normalized spacial score (nSPS) is 15.6. The first-order valence-corrected chi connectivity index (χ1v) is 7.47. The minimum absolute atomic E-state index is 0.0329. The molecule has 2 heterocycles. The first-order valence-electron chi connectivity index (χ1n) is 6.59. The van der Waals surface area contributed by atoms with Crippen molar-refractivity contribution in [1.82, 2.24) is 20.3 Å². The summed E-state index contributed by atoms with van der Waals surface area (Å²) in [7, 11) is 0. The Morgan fingerprint density at radius 2 is 2.33 bits per heavy atom. The van der Waals surface area contributed by atoms with Crippen molar-refractivity contribution < 1.29 is 14.7 Å². The fraction of sp³-hybridized carbons (Fsp3) is 0.385. The summed E-state index contributed by atoms with van der Waals surface area (Å²) in [6.45, 7) is -0.0329. The van der Waals surface area contributed by atoms with Gasteiger partial charge in [0, 0.05) is 4.88 Å². The Kier molecular flexibility index (Phi) is 3.70. The number of thiophene rings is 1. The molecule has 110 valence electrons. The van der Waals surface area contributed by atoms with Gasteiger partial charge in [0.1, 0.15) is 6.54 Å². The molecule has 1 amide bonds. The Labute approximate surface area is 124 Å². The van der Waals surface area contributed by atoms with Gasteiger partial charge in [-0.25, -0.2) is 9.48 Å². The van der Waals surface area contributed by atoms with Crippen LogP contribution in [0.1, 0.15) is 34.2 Å². The number of rotatable bonds is 6. The summed E-state index contributed by atoms with van der Waals surface area (Å²) in [4.78, 5) is 24.0. The summed E-state index contributed by atoms with van der Waals surface area (Å²) in [5, 5.41) is 20.9. The molecule has 7 nitrogen and oxygen atoms in total. The van der Waals surface area contributed by atoms with Crippen LogP contribution >= 0.6 is 11.3 Å². The first kappa shape index (κ1) is 13.7. The first-order chi connectivity index (χ1) is 10.1. The predicted octanol–water partition coefficient (Wildman–Crippen LogP) is 1.31. The maximum absolute atomic E-state index is 12.1. The topological polar surface area (TPSA) is 97.1 Å². The summed E-state index contributed by atoms with van der Waals surface area (Å²) in [5.74, 6) is -0.851. The Bertz CT molecular complexity index is 648. The monoisotopic (exact) mass is 306 g/mol. The van der Waals surface area contributed by atoms with Crippen LogP contribution in [0.2, 0.25) is 0 Å². The molecule has 1 saturated carbocycles. The molecule has 0 aromatic carbocycles. The Morgan fingerprint density at radius 1 is 1.52 bits per heavy atom. The molecule has 0 saturated heterocycles. The highest BCUT2D eigenvalue weighted by Crippen LogP contribution is 2.42. The molecule has 0 bridgehead atoms. The minimum atomic E-state index is -1.16. The number of carboxylic acid groups (broad SMARTS) is 1. The van der Waals surface area contributed by atoms with Gasteiger partial charge in [-0.05, 0) is 30.2 Å². The quantitative estimate of drug-likeness (QED) is 0.838. The van der Waals surface area contributed by atoms with E-state index in [0.29, 0.717) is 5.92 Å². The van der Waals surface area contributed by atoms with Crippen LogP contribution in [0.5, 0.6) is 0 Å². The number of aromatic nitrogens is 3. The van der Waals surface area contributed by atoms with Crippen LogP contribution in [0.25, 0.3) is 0 Å². The fourth-order valence-corrected chi connectivity index (χ4v) is 3.03. The van der Waals surface area contributed by atoms with Gasteiger partial charge >= 0.3 is 5.97 Å². The summed E-state index contributed by atoms with van der Waals surface area (Å²) < 4.78 is 1.23. The fourth-order valence-electron chi connectivity index (χ4n) is 2.16. The molecule has 1 unspecified atom stereocenters. The van der Waals surface area contributed by atoms with Gasteiger partial charge in [-0.2, -0.15) is 0 Å². The Balaban J connectivity index is 1.63. The summed E-state index contributed by atoms with van der Waals surface area (Å²) in [6.07, 6.45) is 3.49. The third-order valence-electron chi connectivity index (χ3n) is 3.32. The number of nitrogens with one attached hydrogen (secondary N) is 1. The van der Waals surface area contributed by atoms with Gasteiger partial charge in [0.05, 0.1) is 12.2 Å². The summed E-state index contributed by atoms with van der Waals surface area (Å²) in [5.41, 5.74) is -0.167. The minimum Gasteiger partial charge on any atom is -0.476 e. The lowest BCUT2D eigenvalue weighted by Gasteiger charge is -2.16. The van der Waals surface area contributed by atoms with Crippen LogP contribution < -0.4 is 5.32 Å². The van der Waals surface area contributed by atoms with E-state index in [2.05, 4.69) is 15.6 Å². The van der Waals surface area contributed by atoms with Crippen molar-refractivity contribution in [3.63, 3.8) is 0 Å². The van der Waals surface area contributed by atoms with E-state index >= 15 is 0 Å². The zero-order chi connectivity index (χ0) is 14.8. The number of hydrogen-bond donors (Lipinski definition) is 2. The van der Waals surface area contributed by atoms with E-state index in [1.54, 1.807) is 11.3 Å². The average molecular weight is 306 g/mol. The van der Waals surface area contributed by atoms with Crippen LogP contribution in [-0.2, 0) is 11.3 Å². The molecule has 1 fully saturated rings. The molecule has 1 atom stereocenters. The second-order valence-electron chi connectivity index (χ2n) is 5.00. The zero-order valence-corrected chi connectivity index (χ0v) is 11.9. The summed E-state index contributed by atoms with van der Waals surface area (Å²) >= 11 is 1.63. The second-order valence-corrected chi connectivity index (χ2v) is 5.98. The van der Waals surface area contributed by atoms with Crippen LogP contribution in [0.15, 0.2) is 23.7 Å². The van der Waals surface area contributed by atoms with Crippen molar-refractivity contribution >= 4 is 23.2 Å². The molecular weight excluding hydrogens is 292 g/mol. The number of amides is 1. The van der Waals surface area contributed by atoms with Crippen molar-refractivity contribution in [3.8, 4) is 0 Å². The maximum Gasteiger partial charge on any atom is 0.358 e. The van der Waals surface area contributed by atoms with Crippen molar-refractivity contribution in [2.45, 2.75) is 25.4 Å². The molecule has 0 spiro atoms.